The monoisotopic (exact) mass is 374 g/mol. The molecule has 1 heterocycles. The first-order chi connectivity index (χ1) is 9.06. The third kappa shape index (κ3) is 2.78. The molecular formula is C13H12FIN2O2. The van der Waals surface area contributed by atoms with Crippen molar-refractivity contribution in [2.45, 2.75) is 13.5 Å². The number of carbonyl (C=O) groups excluding carboxylic acids is 1. The van der Waals surface area contributed by atoms with Gasteiger partial charge in [-0.15, -0.1) is 0 Å². The largest absolute Gasteiger partial charge is 0.465 e. The topological polar surface area (TPSA) is 44.1 Å². The standard InChI is InChI=1S/C13H12FIN2O2/c1-3-17-12(11(15)7-16-17)8-4-9(13(18)19-2)6-10(14)5-8/h4-7H,3H2,1-2H3. The number of carbonyl (C=O) groups is 1. The van der Waals surface area contributed by atoms with Crippen molar-refractivity contribution in [1.29, 1.82) is 0 Å². The summed E-state index contributed by atoms with van der Waals surface area (Å²) in [5.74, 6) is -1.03. The average molecular weight is 374 g/mol. The Hall–Kier alpha value is -1.44. The molecule has 6 heteroatoms. The van der Waals surface area contributed by atoms with Crippen LogP contribution in [-0.2, 0) is 11.3 Å². The Kier molecular flexibility index (Phi) is 4.18. The Morgan fingerprint density at radius 1 is 1.47 bits per heavy atom. The number of hydrogen-bond donors (Lipinski definition) is 0. The summed E-state index contributed by atoms with van der Waals surface area (Å²) in [6.45, 7) is 2.62. The Balaban J connectivity index is 2.59. The second-order valence-corrected chi connectivity index (χ2v) is 5.04. The van der Waals surface area contributed by atoms with Crippen LogP contribution in [0.4, 0.5) is 4.39 Å². The van der Waals surface area contributed by atoms with Crippen LogP contribution < -0.4 is 0 Å². The van der Waals surface area contributed by atoms with E-state index in [1.807, 2.05) is 6.92 Å². The van der Waals surface area contributed by atoms with E-state index < -0.39 is 11.8 Å². The van der Waals surface area contributed by atoms with E-state index in [1.54, 1.807) is 16.9 Å². The molecule has 2 aromatic rings. The highest BCUT2D eigenvalue weighted by Gasteiger charge is 2.15. The van der Waals surface area contributed by atoms with Gasteiger partial charge in [0, 0.05) is 12.1 Å². The van der Waals surface area contributed by atoms with E-state index in [1.165, 1.54) is 13.2 Å². The summed E-state index contributed by atoms with van der Waals surface area (Å²) < 4.78 is 20.9. The molecule has 0 spiro atoms. The van der Waals surface area contributed by atoms with Gasteiger partial charge in [-0.25, -0.2) is 9.18 Å². The summed E-state index contributed by atoms with van der Waals surface area (Å²) in [5, 5.41) is 4.21. The molecule has 2 rings (SSSR count). The quantitative estimate of drug-likeness (QED) is 0.613. The Morgan fingerprint density at radius 3 is 2.84 bits per heavy atom. The molecule has 0 radical (unpaired) electrons. The van der Waals surface area contributed by atoms with Crippen molar-refractivity contribution < 1.29 is 13.9 Å². The smallest absolute Gasteiger partial charge is 0.337 e. The summed E-state index contributed by atoms with van der Waals surface area (Å²) in [6, 6.07) is 4.16. The molecule has 0 aliphatic heterocycles. The highest BCUT2D eigenvalue weighted by molar-refractivity contribution is 14.1. The van der Waals surface area contributed by atoms with E-state index in [0.717, 1.165) is 15.3 Å². The molecule has 0 aliphatic rings. The first kappa shape index (κ1) is 14.0. The van der Waals surface area contributed by atoms with E-state index in [2.05, 4.69) is 32.4 Å². The minimum atomic E-state index is -0.557. The van der Waals surface area contributed by atoms with Crippen LogP contribution in [0.15, 0.2) is 24.4 Å². The lowest BCUT2D eigenvalue weighted by Crippen LogP contribution is -2.04. The zero-order valence-corrected chi connectivity index (χ0v) is 12.6. The zero-order chi connectivity index (χ0) is 14.0. The first-order valence-corrected chi connectivity index (χ1v) is 6.75. The molecule has 0 atom stereocenters. The molecule has 1 aromatic carbocycles. The number of ether oxygens (including phenoxy) is 1. The number of methoxy groups -OCH3 is 1. The summed E-state index contributed by atoms with van der Waals surface area (Å²) in [4.78, 5) is 11.5. The molecule has 0 N–H and O–H groups in total. The summed E-state index contributed by atoms with van der Waals surface area (Å²) >= 11 is 2.14. The predicted molar refractivity (Wildman–Crippen MR) is 77.4 cm³/mol. The predicted octanol–water partition coefficient (Wildman–Crippen LogP) is 3.10. The highest BCUT2D eigenvalue weighted by atomic mass is 127. The number of benzene rings is 1. The highest BCUT2D eigenvalue weighted by Crippen LogP contribution is 2.27. The number of esters is 1. The molecule has 1 aromatic heterocycles. The molecular weight excluding hydrogens is 362 g/mol. The molecule has 0 unspecified atom stereocenters. The fourth-order valence-electron chi connectivity index (χ4n) is 1.85. The molecule has 0 amide bonds. The van der Waals surface area contributed by atoms with Gasteiger partial charge in [0.05, 0.1) is 28.1 Å². The van der Waals surface area contributed by atoms with Crippen LogP contribution in [0.5, 0.6) is 0 Å². The van der Waals surface area contributed by atoms with Crippen molar-refractivity contribution in [1.82, 2.24) is 9.78 Å². The Morgan fingerprint density at radius 2 is 2.21 bits per heavy atom. The van der Waals surface area contributed by atoms with Gasteiger partial charge >= 0.3 is 5.97 Å². The van der Waals surface area contributed by atoms with Gasteiger partial charge in [-0.3, -0.25) is 4.68 Å². The SMILES string of the molecule is CCn1ncc(I)c1-c1cc(F)cc(C(=O)OC)c1. The number of aromatic nitrogens is 2. The van der Waals surface area contributed by atoms with Crippen molar-refractivity contribution in [2.24, 2.45) is 0 Å². The van der Waals surface area contributed by atoms with Gasteiger partial charge in [-0.05, 0) is 47.7 Å². The van der Waals surface area contributed by atoms with Crippen molar-refractivity contribution in [3.8, 4) is 11.3 Å². The van der Waals surface area contributed by atoms with Gasteiger partial charge in [0.25, 0.3) is 0 Å². The van der Waals surface area contributed by atoms with Crippen molar-refractivity contribution >= 4 is 28.6 Å². The van der Waals surface area contributed by atoms with Crippen LogP contribution in [0.3, 0.4) is 0 Å². The van der Waals surface area contributed by atoms with Crippen LogP contribution in [-0.4, -0.2) is 22.9 Å². The molecule has 4 nitrogen and oxygen atoms in total. The molecule has 0 bridgehead atoms. The fraction of sp³-hybridized carbons (Fsp3) is 0.231. The van der Waals surface area contributed by atoms with Gasteiger partial charge in [-0.2, -0.15) is 5.10 Å². The molecule has 0 saturated heterocycles. The summed E-state index contributed by atoms with van der Waals surface area (Å²) in [6.07, 6.45) is 1.71. The minimum Gasteiger partial charge on any atom is -0.465 e. The normalized spacial score (nSPS) is 10.5. The van der Waals surface area contributed by atoms with Gasteiger partial charge in [0.15, 0.2) is 0 Å². The van der Waals surface area contributed by atoms with Crippen LogP contribution in [0.2, 0.25) is 0 Å². The molecule has 100 valence electrons. The van der Waals surface area contributed by atoms with Gasteiger partial charge in [-0.1, -0.05) is 0 Å². The summed E-state index contributed by atoms with van der Waals surface area (Å²) in [5.41, 5.74) is 1.61. The maximum atomic E-state index is 13.6. The van der Waals surface area contributed by atoms with Crippen molar-refractivity contribution in [3.05, 3.63) is 39.3 Å². The van der Waals surface area contributed by atoms with Crippen molar-refractivity contribution in [2.75, 3.05) is 7.11 Å². The van der Waals surface area contributed by atoms with E-state index in [0.29, 0.717) is 12.1 Å². The van der Waals surface area contributed by atoms with Gasteiger partial charge in [0.1, 0.15) is 5.82 Å². The number of rotatable bonds is 3. The molecule has 0 fully saturated rings. The van der Waals surface area contributed by atoms with Crippen LogP contribution in [0.1, 0.15) is 17.3 Å². The average Bonchev–Trinajstić information content (AvgIpc) is 2.78. The van der Waals surface area contributed by atoms with Crippen LogP contribution >= 0.6 is 22.6 Å². The van der Waals surface area contributed by atoms with E-state index in [9.17, 15) is 9.18 Å². The second kappa shape index (κ2) is 5.68. The maximum absolute atomic E-state index is 13.6. The molecule has 19 heavy (non-hydrogen) atoms. The Labute approximate surface area is 123 Å². The number of halogens is 2. The number of nitrogens with zero attached hydrogens (tertiary/aromatic N) is 2. The zero-order valence-electron chi connectivity index (χ0n) is 10.5. The Bertz CT molecular complexity index is 625. The third-order valence-electron chi connectivity index (χ3n) is 2.69. The molecule has 0 saturated carbocycles. The lowest BCUT2D eigenvalue weighted by Gasteiger charge is -2.08. The fourth-order valence-corrected chi connectivity index (χ4v) is 2.57. The number of aryl methyl sites for hydroxylation is 1. The minimum absolute atomic E-state index is 0.192. The van der Waals surface area contributed by atoms with E-state index in [4.69, 9.17) is 0 Å². The molecule has 0 aliphatic carbocycles. The number of hydrogen-bond acceptors (Lipinski definition) is 3. The maximum Gasteiger partial charge on any atom is 0.337 e. The van der Waals surface area contributed by atoms with E-state index in [-0.39, 0.29) is 5.56 Å². The lowest BCUT2D eigenvalue weighted by atomic mass is 10.1. The first-order valence-electron chi connectivity index (χ1n) is 5.67. The van der Waals surface area contributed by atoms with Crippen LogP contribution in [0.25, 0.3) is 11.3 Å². The second-order valence-electron chi connectivity index (χ2n) is 3.88. The lowest BCUT2D eigenvalue weighted by molar-refractivity contribution is 0.0600. The van der Waals surface area contributed by atoms with Crippen molar-refractivity contribution in [3.63, 3.8) is 0 Å². The third-order valence-corrected chi connectivity index (χ3v) is 3.48. The van der Waals surface area contributed by atoms with E-state index >= 15 is 0 Å². The van der Waals surface area contributed by atoms with Gasteiger partial charge in [0.2, 0.25) is 0 Å². The summed E-state index contributed by atoms with van der Waals surface area (Å²) in [7, 11) is 1.27. The van der Waals surface area contributed by atoms with Gasteiger partial charge < -0.3 is 4.74 Å². The van der Waals surface area contributed by atoms with Crippen LogP contribution in [0, 0.1) is 9.39 Å².